The smallest absolute Gasteiger partial charge is 0.220 e. The standard InChI is InChI=1S/C14H23N3O2S/c1-14(19,12-8-16-17(2)9-12)10-15-13(18)7-11-3-5-20-6-4-11/h8-9,11,19H,3-7,10H2,1-2H3,(H,15,18). The van der Waals surface area contributed by atoms with E-state index in [-0.39, 0.29) is 12.5 Å². The number of hydrogen-bond acceptors (Lipinski definition) is 4. The summed E-state index contributed by atoms with van der Waals surface area (Å²) in [5, 5.41) is 17.3. The van der Waals surface area contributed by atoms with Gasteiger partial charge in [-0.1, -0.05) is 0 Å². The highest BCUT2D eigenvalue weighted by Crippen LogP contribution is 2.25. The number of nitrogens with one attached hydrogen (secondary N) is 1. The second kappa shape index (κ2) is 6.63. The van der Waals surface area contributed by atoms with Crippen molar-refractivity contribution in [1.82, 2.24) is 15.1 Å². The van der Waals surface area contributed by atoms with E-state index in [9.17, 15) is 9.90 Å². The van der Waals surface area contributed by atoms with Crippen LogP contribution in [0.15, 0.2) is 12.4 Å². The van der Waals surface area contributed by atoms with E-state index in [2.05, 4.69) is 10.4 Å². The van der Waals surface area contributed by atoms with Crippen molar-refractivity contribution < 1.29 is 9.90 Å². The molecule has 1 aliphatic heterocycles. The summed E-state index contributed by atoms with van der Waals surface area (Å²) in [6, 6.07) is 0. The van der Waals surface area contributed by atoms with Gasteiger partial charge in [-0.2, -0.15) is 16.9 Å². The first-order chi connectivity index (χ1) is 9.47. The van der Waals surface area contributed by atoms with E-state index in [1.54, 1.807) is 31.0 Å². The Hall–Kier alpha value is -1.01. The summed E-state index contributed by atoms with van der Waals surface area (Å²) in [6.45, 7) is 1.92. The van der Waals surface area contributed by atoms with Gasteiger partial charge in [0.25, 0.3) is 0 Å². The molecule has 1 aromatic rings. The van der Waals surface area contributed by atoms with Gasteiger partial charge in [-0.15, -0.1) is 0 Å². The van der Waals surface area contributed by atoms with Gasteiger partial charge in [0.2, 0.25) is 5.91 Å². The van der Waals surface area contributed by atoms with Crippen LogP contribution in [0, 0.1) is 5.92 Å². The van der Waals surface area contributed by atoms with Gasteiger partial charge in [-0.05, 0) is 37.2 Å². The average Bonchev–Trinajstić information content (AvgIpc) is 2.85. The number of hydrogen-bond donors (Lipinski definition) is 2. The summed E-state index contributed by atoms with van der Waals surface area (Å²) in [4.78, 5) is 11.9. The fourth-order valence-corrected chi connectivity index (χ4v) is 3.56. The number of nitrogens with zero attached hydrogens (tertiary/aromatic N) is 2. The zero-order valence-electron chi connectivity index (χ0n) is 12.1. The second-order valence-corrected chi connectivity index (χ2v) is 6.94. The summed E-state index contributed by atoms with van der Waals surface area (Å²) in [6.07, 6.45) is 6.22. The minimum absolute atomic E-state index is 0.0334. The SMILES string of the molecule is Cn1cc(C(C)(O)CNC(=O)CC2CCSCC2)cn1. The van der Waals surface area contributed by atoms with E-state index in [0.717, 1.165) is 29.9 Å². The Morgan fingerprint density at radius 1 is 1.60 bits per heavy atom. The average molecular weight is 297 g/mol. The molecule has 6 heteroatoms. The molecule has 1 unspecified atom stereocenters. The molecule has 0 bridgehead atoms. The summed E-state index contributed by atoms with van der Waals surface area (Å²) in [7, 11) is 1.80. The third-order valence-corrected chi connectivity index (χ3v) is 4.82. The fraction of sp³-hybridized carbons (Fsp3) is 0.714. The van der Waals surface area contributed by atoms with Gasteiger partial charge in [0, 0.05) is 25.2 Å². The summed E-state index contributed by atoms with van der Waals surface area (Å²) < 4.78 is 1.64. The number of amides is 1. The molecule has 1 amide bonds. The molecule has 1 aliphatic rings. The summed E-state index contributed by atoms with van der Waals surface area (Å²) in [5.74, 6) is 2.85. The maximum absolute atomic E-state index is 11.9. The summed E-state index contributed by atoms with van der Waals surface area (Å²) in [5.41, 5.74) is -0.360. The second-order valence-electron chi connectivity index (χ2n) is 5.71. The minimum atomic E-state index is -1.08. The van der Waals surface area contributed by atoms with Crippen molar-refractivity contribution in [1.29, 1.82) is 0 Å². The lowest BCUT2D eigenvalue weighted by molar-refractivity contribution is -0.123. The normalized spacial score (nSPS) is 19.6. The molecule has 2 heterocycles. The molecular weight excluding hydrogens is 274 g/mol. The van der Waals surface area contributed by atoms with Crippen molar-refractivity contribution in [2.45, 2.75) is 31.8 Å². The van der Waals surface area contributed by atoms with Gasteiger partial charge in [0.15, 0.2) is 0 Å². The lowest BCUT2D eigenvalue weighted by Crippen LogP contribution is -2.39. The van der Waals surface area contributed by atoms with Crippen LogP contribution in [0.4, 0.5) is 0 Å². The first-order valence-corrected chi connectivity index (χ1v) is 8.19. The van der Waals surface area contributed by atoms with Crippen LogP contribution in [0.1, 0.15) is 31.7 Å². The maximum atomic E-state index is 11.9. The molecule has 0 spiro atoms. The third kappa shape index (κ3) is 4.24. The lowest BCUT2D eigenvalue weighted by atomic mass is 9.97. The number of aryl methyl sites for hydroxylation is 1. The predicted molar refractivity (Wildman–Crippen MR) is 80.5 cm³/mol. The zero-order chi connectivity index (χ0) is 14.6. The number of aromatic nitrogens is 2. The molecule has 0 aromatic carbocycles. The third-order valence-electron chi connectivity index (χ3n) is 3.77. The predicted octanol–water partition coefficient (Wildman–Crippen LogP) is 1.28. The van der Waals surface area contributed by atoms with Crippen molar-refractivity contribution in [3.63, 3.8) is 0 Å². The number of aliphatic hydroxyl groups is 1. The van der Waals surface area contributed by atoms with Crippen LogP contribution in [0.5, 0.6) is 0 Å². The number of thioether (sulfide) groups is 1. The van der Waals surface area contributed by atoms with Crippen molar-refractivity contribution in [2.75, 3.05) is 18.1 Å². The highest BCUT2D eigenvalue weighted by molar-refractivity contribution is 7.99. The van der Waals surface area contributed by atoms with Crippen LogP contribution < -0.4 is 5.32 Å². The molecule has 1 aromatic heterocycles. The van der Waals surface area contributed by atoms with Crippen LogP contribution in [0.2, 0.25) is 0 Å². The fourth-order valence-electron chi connectivity index (χ4n) is 2.36. The first-order valence-electron chi connectivity index (χ1n) is 7.03. The van der Waals surface area contributed by atoms with Gasteiger partial charge in [-0.3, -0.25) is 9.48 Å². The van der Waals surface area contributed by atoms with E-state index >= 15 is 0 Å². The molecule has 0 saturated carbocycles. The van der Waals surface area contributed by atoms with Gasteiger partial charge >= 0.3 is 0 Å². The zero-order valence-corrected chi connectivity index (χ0v) is 12.9. The Morgan fingerprint density at radius 2 is 2.30 bits per heavy atom. The monoisotopic (exact) mass is 297 g/mol. The molecule has 0 radical (unpaired) electrons. The number of carbonyl (C=O) groups excluding carboxylic acids is 1. The van der Waals surface area contributed by atoms with Crippen LogP contribution in [-0.4, -0.2) is 38.8 Å². The molecule has 20 heavy (non-hydrogen) atoms. The molecular formula is C14H23N3O2S. The van der Waals surface area contributed by atoms with E-state index in [4.69, 9.17) is 0 Å². The number of carbonyl (C=O) groups is 1. The van der Waals surface area contributed by atoms with Crippen LogP contribution in [0.25, 0.3) is 0 Å². The molecule has 2 N–H and O–H groups in total. The Balaban J connectivity index is 1.80. The highest BCUT2D eigenvalue weighted by atomic mass is 32.2. The lowest BCUT2D eigenvalue weighted by Gasteiger charge is -2.24. The van der Waals surface area contributed by atoms with Crippen LogP contribution >= 0.6 is 11.8 Å². The van der Waals surface area contributed by atoms with Gasteiger partial charge in [-0.25, -0.2) is 0 Å². The van der Waals surface area contributed by atoms with E-state index < -0.39 is 5.60 Å². The van der Waals surface area contributed by atoms with Gasteiger partial charge in [0.05, 0.1) is 12.7 Å². The van der Waals surface area contributed by atoms with Crippen molar-refractivity contribution in [3.05, 3.63) is 18.0 Å². The van der Waals surface area contributed by atoms with E-state index in [0.29, 0.717) is 12.3 Å². The Morgan fingerprint density at radius 3 is 2.90 bits per heavy atom. The van der Waals surface area contributed by atoms with Crippen molar-refractivity contribution in [3.8, 4) is 0 Å². The minimum Gasteiger partial charge on any atom is -0.383 e. The van der Waals surface area contributed by atoms with Crippen LogP contribution in [0.3, 0.4) is 0 Å². The van der Waals surface area contributed by atoms with Crippen molar-refractivity contribution >= 4 is 17.7 Å². The maximum Gasteiger partial charge on any atom is 0.220 e. The Bertz CT molecular complexity index is 453. The molecule has 112 valence electrons. The Kier molecular flexibility index (Phi) is 5.10. The Labute approximate surface area is 124 Å². The molecule has 1 fully saturated rings. The molecule has 1 saturated heterocycles. The first kappa shape index (κ1) is 15.4. The molecule has 2 rings (SSSR count). The number of rotatable bonds is 5. The molecule has 1 atom stereocenters. The van der Waals surface area contributed by atoms with E-state index in [1.807, 2.05) is 11.8 Å². The molecule has 0 aliphatic carbocycles. The van der Waals surface area contributed by atoms with Crippen LogP contribution in [-0.2, 0) is 17.4 Å². The highest BCUT2D eigenvalue weighted by Gasteiger charge is 2.26. The largest absolute Gasteiger partial charge is 0.383 e. The molecule has 5 nitrogen and oxygen atoms in total. The summed E-state index contributed by atoms with van der Waals surface area (Å²) >= 11 is 1.96. The topological polar surface area (TPSA) is 67.2 Å². The van der Waals surface area contributed by atoms with E-state index in [1.165, 1.54) is 0 Å². The quantitative estimate of drug-likeness (QED) is 0.859. The van der Waals surface area contributed by atoms with Gasteiger partial charge < -0.3 is 10.4 Å². The van der Waals surface area contributed by atoms with Crippen molar-refractivity contribution in [2.24, 2.45) is 13.0 Å². The van der Waals surface area contributed by atoms with Gasteiger partial charge in [0.1, 0.15) is 5.60 Å².